The molecule has 3 aromatic carbocycles. The highest BCUT2D eigenvalue weighted by Gasteiger charge is 2.07. The smallest absolute Gasteiger partial charge is 0.00820 e. The van der Waals surface area contributed by atoms with Crippen LogP contribution in [0.25, 0.3) is 41.2 Å². The third kappa shape index (κ3) is 2.47. The first-order chi connectivity index (χ1) is 12.4. The molecule has 0 spiro atoms. The molecule has 0 N–H and O–H groups in total. The van der Waals surface area contributed by atoms with E-state index in [1.807, 2.05) is 0 Å². The van der Waals surface area contributed by atoms with Gasteiger partial charge in [0.15, 0.2) is 0 Å². The zero-order chi connectivity index (χ0) is 16.6. The van der Waals surface area contributed by atoms with Gasteiger partial charge in [-0.1, -0.05) is 85.0 Å². The van der Waals surface area contributed by atoms with Crippen molar-refractivity contribution in [1.29, 1.82) is 0 Å². The van der Waals surface area contributed by atoms with Crippen molar-refractivity contribution in [3.63, 3.8) is 0 Å². The van der Waals surface area contributed by atoms with Crippen LogP contribution in [0.5, 0.6) is 0 Å². The fourth-order valence-electron chi connectivity index (χ4n) is 3.80. The van der Waals surface area contributed by atoms with Crippen LogP contribution in [-0.4, -0.2) is 0 Å². The summed E-state index contributed by atoms with van der Waals surface area (Å²) in [6.45, 7) is 0. The van der Waals surface area contributed by atoms with Gasteiger partial charge >= 0.3 is 0 Å². The van der Waals surface area contributed by atoms with Gasteiger partial charge in [-0.2, -0.15) is 0 Å². The first-order valence-corrected chi connectivity index (χ1v) is 8.76. The first-order valence-electron chi connectivity index (χ1n) is 8.76. The maximum atomic E-state index is 2.24. The minimum absolute atomic E-state index is 1.09. The topological polar surface area (TPSA) is 0 Å². The predicted molar refractivity (Wildman–Crippen MR) is 109 cm³/mol. The maximum Gasteiger partial charge on any atom is -0.00820 e. The highest BCUT2D eigenvalue weighted by atomic mass is 14.1. The van der Waals surface area contributed by atoms with E-state index in [-0.39, 0.29) is 0 Å². The molecule has 0 unspecified atom stereocenters. The summed E-state index contributed by atoms with van der Waals surface area (Å²) < 4.78 is 0. The summed E-state index contributed by atoms with van der Waals surface area (Å²) in [7, 11) is 0. The molecule has 0 atom stereocenters. The van der Waals surface area contributed by atoms with E-state index in [1.165, 1.54) is 43.5 Å². The van der Waals surface area contributed by atoms with Crippen molar-refractivity contribution in [3.05, 3.63) is 99.5 Å². The lowest BCUT2D eigenvalue weighted by molar-refractivity contribution is 1.35. The van der Waals surface area contributed by atoms with E-state index in [1.54, 1.807) is 0 Å². The molecular weight excluding hydrogens is 300 g/mol. The zero-order valence-electron chi connectivity index (χ0n) is 13.9. The van der Waals surface area contributed by atoms with E-state index in [0.29, 0.717) is 0 Å². The van der Waals surface area contributed by atoms with E-state index in [9.17, 15) is 0 Å². The Hall–Kier alpha value is -3.12. The van der Waals surface area contributed by atoms with E-state index < -0.39 is 0 Å². The normalized spacial score (nSPS) is 14.4. The summed E-state index contributed by atoms with van der Waals surface area (Å²) in [5.41, 5.74) is 5.55. The molecule has 0 saturated heterocycles. The Morgan fingerprint density at radius 2 is 1.36 bits per heavy atom. The largest absolute Gasteiger partial charge is 0.0795 e. The molecule has 6 rings (SSSR count). The van der Waals surface area contributed by atoms with Crippen LogP contribution >= 0.6 is 0 Å². The summed E-state index contributed by atoms with van der Waals surface area (Å²) in [4.78, 5) is 0. The van der Waals surface area contributed by atoms with Gasteiger partial charge < -0.3 is 0 Å². The summed E-state index contributed by atoms with van der Waals surface area (Å²) in [5.74, 6) is 0. The lowest BCUT2D eigenvalue weighted by Crippen LogP contribution is -2.12. The van der Waals surface area contributed by atoms with Crippen LogP contribution < -0.4 is 10.4 Å². The molecular formula is C25H18. The number of hydrogen-bond acceptors (Lipinski definition) is 0. The van der Waals surface area contributed by atoms with Gasteiger partial charge in [0.2, 0.25) is 0 Å². The lowest BCUT2D eigenvalue weighted by Gasteiger charge is -2.03. The molecule has 0 bridgehead atoms. The van der Waals surface area contributed by atoms with Crippen molar-refractivity contribution >= 4 is 41.2 Å². The van der Waals surface area contributed by atoms with Gasteiger partial charge in [-0.25, -0.2) is 0 Å². The zero-order valence-corrected chi connectivity index (χ0v) is 13.9. The van der Waals surface area contributed by atoms with Gasteiger partial charge in [-0.05, 0) is 62.0 Å². The molecule has 0 aromatic heterocycles. The third-order valence-electron chi connectivity index (χ3n) is 5.09. The van der Waals surface area contributed by atoms with Crippen LogP contribution in [-0.2, 0) is 6.42 Å². The molecule has 25 heavy (non-hydrogen) atoms. The number of rotatable bonds is 0. The standard InChI is InChI=1S/C13H10.C12H8/c1-2-6-12-10(4-1)8-9-11-5-3-7-13(11)12;1-3-9-7-11-5-2-6-12(11)8-10(9)4-1/h1-6,8-9H,7H2;1-8H. The molecule has 0 aliphatic heterocycles. The second kappa shape index (κ2) is 5.75. The Bertz CT molecular complexity index is 1150. The fourth-order valence-corrected chi connectivity index (χ4v) is 3.80. The summed E-state index contributed by atoms with van der Waals surface area (Å²) in [5, 5.41) is 5.44. The maximum absolute atomic E-state index is 2.24. The molecule has 0 heteroatoms. The molecule has 0 heterocycles. The van der Waals surface area contributed by atoms with E-state index in [2.05, 4.69) is 97.1 Å². The molecule has 0 fully saturated rings. The molecule has 3 aliphatic carbocycles. The number of hydrogen-bond donors (Lipinski definition) is 0. The molecule has 0 saturated carbocycles. The molecule has 118 valence electrons. The van der Waals surface area contributed by atoms with Crippen LogP contribution in [0.3, 0.4) is 0 Å². The fraction of sp³-hybridized carbons (Fsp3) is 0.0400. The second-order valence-corrected chi connectivity index (χ2v) is 6.62. The van der Waals surface area contributed by atoms with Crippen molar-refractivity contribution in [1.82, 2.24) is 0 Å². The number of allylic oxidation sites excluding steroid dienone is 3. The van der Waals surface area contributed by atoms with Crippen LogP contribution in [0, 0.1) is 0 Å². The van der Waals surface area contributed by atoms with E-state index in [0.717, 1.165) is 6.42 Å². The Balaban J connectivity index is 0.000000112. The van der Waals surface area contributed by atoms with E-state index >= 15 is 0 Å². The number of benzene rings is 3. The lowest BCUT2D eigenvalue weighted by atomic mass is 10.0. The Labute approximate surface area is 147 Å². The van der Waals surface area contributed by atoms with Gasteiger partial charge in [0.1, 0.15) is 0 Å². The van der Waals surface area contributed by atoms with Crippen molar-refractivity contribution in [2.45, 2.75) is 6.42 Å². The van der Waals surface area contributed by atoms with Gasteiger partial charge in [-0.3, -0.25) is 0 Å². The van der Waals surface area contributed by atoms with Crippen LogP contribution in [0.15, 0.2) is 66.8 Å². The first kappa shape index (κ1) is 14.2. The van der Waals surface area contributed by atoms with Crippen molar-refractivity contribution in [2.24, 2.45) is 0 Å². The Morgan fingerprint density at radius 3 is 2.12 bits per heavy atom. The Kier molecular flexibility index (Phi) is 3.28. The minimum atomic E-state index is 1.09. The molecule has 3 aliphatic rings. The Morgan fingerprint density at radius 1 is 0.640 bits per heavy atom. The number of fused-ring (bicyclic) bond motifs is 5. The van der Waals surface area contributed by atoms with Crippen molar-refractivity contribution in [2.75, 3.05) is 0 Å². The SMILES string of the molecule is C1=Cc2cc3c(cc2=C1)C=CC=3.C1=Cc2ccc3ccccc3c2C1. The molecule has 0 nitrogen and oxygen atoms in total. The van der Waals surface area contributed by atoms with Crippen molar-refractivity contribution < 1.29 is 0 Å². The molecule has 0 radical (unpaired) electrons. The van der Waals surface area contributed by atoms with E-state index in [4.69, 9.17) is 0 Å². The molecule has 3 aromatic rings. The highest BCUT2D eigenvalue weighted by molar-refractivity contribution is 5.90. The van der Waals surface area contributed by atoms with Crippen LogP contribution in [0.1, 0.15) is 22.3 Å². The van der Waals surface area contributed by atoms with Crippen molar-refractivity contribution in [3.8, 4) is 0 Å². The average molecular weight is 318 g/mol. The summed E-state index contributed by atoms with van der Waals surface area (Å²) in [6.07, 6.45) is 18.4. The van der Waals surface area contributed by atoms with Gasteiger partial charge in [0.05, 0.1) is 0 Å². The molecule has 0 amide bonds. The monoisotopic (exact) mass is 318 g/mol. The highest BCUT2D eigenvalue weighted by Crippen LogP contribution is 2.27. The van der Waals surface area contributed by atoms with Crippen LogP contribution in [0.4, 0.5) is 0 Å². The van der Waals surface area contributed by atoms with Gasteiger partial charge in [0.25, 0.3) is 0 Å². The van der Waals surface area contributed by atoms with Gasteiger partial charge in [-0.15, -0.1) is 0 Å². The predicted octanol–water partition coefficient (Wildman–Crippen LogP) is 4.71. The summed E-state index contributed by atoms with van der Waals surface area (Å²) >= 11 is 0. The third-order valence-corrected chi connectivity index (χ3v) is 5.09. The average Bonchev–Trinajstić information content (AvgIpc) is 3.39. The van der Waals surface area contributed by atoms with Crippen LogP contribution in [0.2, 0.25) is 0 Å². The van der Waals surface area contributed by atoms with Gasteiger partial charge in [0, 0.05) is 0 Å². The second-order valence-electron chi connectivity index (χ2n) is 6.62. The summed E-state index contributed by atoms with van der Waals surface area (Å²) in [6, 6.07) is 17.5. The quantitative estimate of drug-likeness (QED) is 0.563. The minimum Gasteiger partial charge on any atom is -0.0795 e.